The second-order valence-electron chi connectivity index (χ2n) is 5.41. The smallest absolute Gasteiger partial charge is 0.269 e. The zero-order valence-electron chi connectivity index (χ0n) is 14.1. The number of benzene rings is 2. The van der Waals surface area contributed by atoms with E-state index in [2.05, 4.69) is 4.98 Å². The maximum Gasteiger partial charge on any atom is 0.269 e. The number of methoxy groups -OCH3 is 2. The second kappa shape index (κ2) is 6.60. The molecule has 0 amide bonds. The molecule has 1 heterocycles. The van der Waals surface area contributed by atoms with Crippen molar-refractivity contribution in [3.05, 3.63) is 60.4 Å². The third kappa shape index (κ3) is 2.98. The minimum absolute atomic E-state index is 0.194. The Labute approximate surface area is 146 Å². The first kappa shape index (κ1) is 17.0. The van der Waals surface area contributed by atoms with Crippen LogP contribution in [0.4, 0.5) is 0 Å². The lowest BCUT2D eigenvalue weighted by molar-refractivity contribution is 0.356. The second-order valence-corrected chi connectivity index (χ2v) is 7.22. The number of hydrogen-bond donors (Lipinski definition) is 0. The Balaban J connectivity index is 2.18. The largest absolute Gasteiger partial charge is 0.493 e. The van der Waals surface area contributed by atoms with Crippen LogP contribution in [0.1, 0.15) is 5.56 Å². The summed E-state index contributed by atoms with van der Waals surface area (Å²) in [5.41, 5.74) is 1.52. The number of hydrogen-bond acceptors (Lipinski definition) is 5. The fraction of sp³-hybridized carbons (Fsp3) is 0.167. The summed E-state index contributed by atoms with van der Waals surface area (Å²) in [6.45, 7) is 1.90. The molecule has 0 fully saturated rings. The Morgan fingerprint density at radius 1 is 1.00 bits per heavy atom. The first-order valence-electron chi connectivity index (χ1n) is 7.56. The van der Waals surface area contributed by atoms with Gasteiger partial charge in [0, 0.05) is 12.4 Å². The van der Waals surface area contributed by atoms with Gasteiger partial charge in [-0.25, -0.2) is 17.4 Å². The molecule has 3 aromatic rings. The van der Waals surface area contributed by atoms with Gasteiger partial charge in [0.2, 0.25) is 0 Å². The summed E-state index contributed by atoms with van der Waals surface area (Å²) < 4.78 is 37.9. The summed E-state index contributed by atoms with van der Waals surface area (Å²) in [4.78, 5) is 4.42. The van der Waals surface area contributed by atoms with E-state index in [1.807, 2.05) is 6.92 Å². The molecule has 2 aromatic carbocycles. The average Bonchev–Trinajstić information content (AvgIpc) is 3.11. The molecular weight excluding hydrogens is 340 g/mol. The number of ether oxygens (including phenoxy) is 2. The number of para-hydroxylation sites is 1. The van der Waals surface area contributed by atoms with Crippen LogP contribution in [0, 0.1) is 6.92 Å². The molecule has 3 rings (SSSR count). The Bertz CT molecular complexity index is 992. The number of nitrogens with zero attached hydrogens (tertiary/aromatic N) is 2. The molecule has 7 heteroatoms. The van der Waals surface area contributed by atoms with Gasteiger partial charge in [0.1, 0.15) is 0 Å². The van der Waals surface area contributed by atoms with Crippen LogP contribution in [-0.4, -0.2) is 31.6 Å². The molecule has 0 radical (unpaired) electrons. The molecule has 0 unspecified atom stereocenters. The minimum Gasteiger partial charge on any atom is -0.493 e. The van der Waals surface area contributed by atoms with E-state index in [0.29, 0.717) is 17.1 Å². The summed E-state index contributed by atoms with van der Waals surface area (Å²) in [6, 6.07) is 11.9. The van der Waals surface area contributed by atoms with Gasteiger partial charge in [-0.3, -0.25) is 0 Å². The van der Waals surface area contributed by atoms with Gasteiger partial charge in [0.05, 0.1) is 24.7 Å². The molecule has 0 saturated carbocycles. The van der Waals surface area contributed by atoms with Crippen LogP contribution in [0.15, 0.2) is 59.8 Å². The lowest BCUT2D eigenvalue weighted by Gasteiger charge is -2.14. The standard InChI is InChI=1S/C18H18N2O4S/c1-13-7-9-14(10-8-13)25(21,22)20-12-11-19-18(20)15-5-4-6-16(23-2)17(15)24-3/h4-12H,1-3H3. The molecule has 0 spiro atoms. The molecule has 25 heavy (non-hydrogen) atoms. The first-order chi connectivity index (χ1) is 12.0. The van der Waals surface area contributed by atoms with Gasteiger partial charge in [0.25, 0.3) is 10.0 Å². The van der Waals surface area contributed by atoms with Crippen molar-refractivity contribution in [2.75, 3.05) is 14.2 Å². The topological polar surface area (TPSA) is 70.4 Å². The lowest BCUT2D eigenvalue weighted by Crippen LogP contribution is -2.14. The van der Waals surface area contributed by atoms with E-state index < -0.39 is 10.0 Å². The van der Waals surface area contributed by atoms with Gasteiger partial charge in [0.15, 0.2) is 17.3 Å². The fourth-order valence-corrected chi connectivity index (χ4v) is 3.86. The number of imidazole rings is 1. The SMILES string of the molecule is COc1cccc(-c2nccn2S(=O)(=O)c2ccc(C)cc2)c1OC. The van der Waals surface area contributed by atoms with Crippen LogP contribution in [0.5, 0.6) is 11.5 Å². The van der Waals surface area contributed by atoms with E-state index in [1.165, 1.54) is 26.6 Å². The van der Waals surface area contributed by atoms with Gasteiger partial charge >= 0.3 is 0 Å². The molecule has 6 nitrogen and oxygen atoms in total. The molecule has 0 bridgehead atoms. The molecule has 130 valence electrons. The van der Waals surface area contributed by atoms with Crippen LogP contribution in [0.2, 0.25) is 0 Å². The summed E-state index contributed by atoms with van der Waals surface area (Å²) in [7, 11) is -0.750. The quantitative estimate of drug-likeness (QED) is 0.701. The Kier molecular flexibility index (Phi) is 4.50. The Morgan fingerprint density at radius 2 is 1.72 bits per heavy atom. The lowest BCUT2D eigenvalue weighted by atomic mass is 10.2. The monoisotopic (exact) mass is 358 g/mol. The first-order valence-corrected chi connectivity index (χ1v) is 9.00. The van der Waals surface area contributed by atoms with Crippen molar-refractivity contribution < 1.29 is 17.9 Å². The molecule has 0 aliphatic heterocycles. The van der Waals surface area contributed by atoms with Gasteiger partial charge in [-0.1, -0.05) is 23.8 Å². The van der Waals surface area contributed by atoms with E-state index >= 15 is 0 Å². The highest BCUT2D eigenvalue weighted by Gasteiger charge is 2.23. The summed E-state index contributed by atoms with van der Waals surface area (Å²) in [5.74, 6) is 1.19. The number of aryl methyl sites for hydroxylation is 1. The van der Waals surface area contributed by atoms with Gasteiger partial charge in [-0.15, -0.1) is 0 Å². The third-order valence-electron chi connectivity index (χ3n) is 3.83. The maximum absolute atomic E-state index is 13.0. The summed E-state index contributed by atoms with van der Waals surface area (Å²) in [6.07, 6.45) is 2.86. The highest BCUT2D eigenvalue weighted by Crippen LogP contribution is 2.37. The van der Waals surface area contributed by atoms with E-state index in [-0.39, 0.29) is 10.7 Å². The van der Waals surface area contributed by atoms with Crippen molar-refractivity contribution in [2.24, 2.45) is 0 Å². The summed E-state index contributed by atoms with van der Waals surface area (Å²) in [5, 5.41) is 0. The van der Waals surface area contributed by atoms with Crippen molar-refractivity contribution >= 4 is 10.0 Å². The fourth-order valence-electron chi connectivity index (χ4n) is 2.56. The van der Waals surface area contributed by atoms with E-state index in [1.54, 1.807) is 42.5 Å². The van der Waals surface area contributed by atoms with Crippen LogP contribution < -0.4 is 9.47 Å². The highest BCUT2D eigenvalue weighted by atomic mass is 32.2. The molecule has 0 N–H and O–H groups in total. The molecular formula is C18H18N2O4S. The van der Waals surface area contributed by atoms with Crippen molar-refractivity contribution in [3.63, 3.8) is 0 Å². The summed E-state index contributed by atoms with van der Waals surface area (Å²) >= 11 is 0. The van der Waals surface area contributed by atoms with E-state index in [9.17, 15) is 8.42 Å². The van der Waals surface area contributed by atoms with Crippen molar-refractivity contribution in [3.8, 4) is 22.9 Å². The van der Waals surface area contributed by atoms with Gasteiger partial charge in [-0.05, 0) is 31.2 Å². The molecule has 0 atom stereocenters. The predicted octanol–water partition coefficient (Wildman–Crippen LogP) is 3.11. The molecule has 0 saturated heterocycles. The van der Waals surface area contributed by atoms with Gasteiger partial charge in [-0.2, -0.15) is 0 Å². The van der Waals surface area contributed by atoms with Crippen molar-refractivity contribution in [1.29, 1.82) is 0 Å². The Morgan fingerprint density at radius 3 is 2.36 bits per heavy atom. The molecule has 0 aliphatic carbocycles. The van der Waals surface area contributed by atoms with Crippen LogP contribution in [0.25, 0.3) is 11.4 Å². The number of aromatic nitrogens is 2. The number of rotatable bonds is 5. The van der Waals surface area contributed by atoms with E-state index in [0.717, 1.165) is 9.54 Å². The maximum atomic E-state index is 13.0. The van der Waals surface area contributed by atoms with Crippen LogP contribution in [0.3, 0.4) is 0 Å². The van der Waals surface area contributed by atoms with E-state index in [4.69, 9.17) is 9.47 Å². The molecule has 1 aromatic heterocycles. The average molecular weight is 358 g/mol. The van der Waals surface area contributed by atoms with Crippen molar-refractivity contribution in [2.45, 2.75) is 11.8 Å². The third-order valence-corrected chi connectivity index (χ3v) is 5.51. The van der Waals surface area contributed by atoms with Gasteiger partial charge < -0.3 is 9.47 Å². The van der Waals surface area contributed by atoms with Crippen LogP contribution >= 0.6 is 0 Å². The zero-order chi connectivity index (χ0) is 18.0. The zero-order valence-corrected chi connectivity index (χ0v) is 14.9. The molecule has 0 aliphatic rings. The van der Waals surface area contributed by atoms with Crippen LogP contribution in [-0.2, 0) is 10.0 Å². The normalized spacial score (nSPS) is 11.3. The predicted molar refractivity (Wildman–Crippen MR) is 94.5 cm³/mol. The Hall–Kier alpha value is -2.80. The minimum atomic E-state index is -3.78. The van der Waals surface area contributed by atoms with Crippen molar-refractivity contribution in [1.82, 2.24) is 8.96 Å². The highest BCUT2D eigenvalue weighted by molar-refractivity contribution is 7.90.